The Kier molecular flexibility index (Phi) is 2.00. The van der Waals surface area contributed by atoms with Crippen LogP contribution in [0.3, 0.4) is 0 Å². The maximum Gasteiger partial charge on any atom is 0.221 e. The van der Waals surface area contributed by atoms with Gasteiger partial charge < -0.3 is 9.73 Å². The molecule has 1 aromatic carbocycles. The van der Waals surface area contributed by atoms with E-state index >= 15 is 0 Å². The zero-order valence-electron chi connectivity index (χ0n) is 8.13. The summed E-state index contributed by atoms with van der Waals surface area (Å²) in [5.41, 5.74) is 1.56. The number of rotatable bonds is 1. The first-order chi connectivity index (χ1) is 6.65. The van der Waals surface area contributed by atoms with Crippen molar-refractivity contribution in [2.75, 3.05) is 5.32 Å². The fourth-order valence-electron chi connectivity index (χ4n) is 1.44. The summed E-state index contributed by atoms with van der Waals surface area (Å²) in [6, 6.07) is 7.58. The molecule has 0 spiro atoms. The Hall–Kier alpha value is -1.77. The molecule has 0 aliphatic carbocycles. The van der Waals surface area contributed by atoms with Gasteiger partial charge in [-0.3, -0.25) is 4.79 Å². The molecule has 0 bridgehead atoms. The van der Waals surface area contributed by atoms with E-state index in [0.29, 0.717) is 0 Å². The van der Waals surface area contributed by atoms with Crippen LogP contribution in [0.15, 0.2) is 28.7 Å². The van der Waals surface area contributed by atoms with Gasteiger partial charge in [-0.05, 0) is 25.1 Å². The molecule has 0 atom stereocenters. The van der Waals surface area contributed by atoms with Crippen molar-refractivity contribution in [3.05, 3.63) is 30.0 Å². The zero-order valence-corrected chi connectivity index (χ0v) is 8.13. The van der Waals surface area contributed by atoms with E-state index in [1.54, 1.807) is 0 Å². The lowest BCUT2D eigenvalue weighted by Crippen LogP contribution is -2.05. The van der Waals surface area contributed by atoms with E-state index < -0.39 is 0 Å². The zero-order chi connectivity index (χ0) is 10.1. The van der Waals surface area contributed by atoms with Gasteiger partial charge in [0.2, 0.25) is 5.91 Å². The van der Waals surface area contributed by atoms with Crippen LogP contribution in [0.5, 0.6) is 0 Å². The molecule has 0 saturated carbocycles. The second-order valence-electron chi connectivity index (χ2n) is 3.29. The summed E-state index contributed by atoms with van der Waals surface area (Å²) in [5.74, 6) is 0.799. The second-order valence-corrected chi connectivity index (χ2v) is 3.29. The Morgan fingerprint density at radius 1 is 1.36 bits per heavy atom. The van der Waals surface area contributed by atoms with Gasteiger partial charge in [0.25, 0.3) is 0 Å². The molecular weight excluding hydrogens is 178 g/mol. The lowest BCUT2D eigenvalue weighted by Gasteiger charge is -2.00. The largest absolute Gasteiger partial charge is 0.461 e. The van der Waals surface area contributed by atoms with Crippen molar-refractivity contribution < 1.29 is 9.21 Å². The molecule has 14 heavy (non-hydrogen) atoms. The molecular formula is C11H11NO2. The van der Waals surface area contributed by atoms with Crippen LogP contribution < -0.4 is 5.32 Å². The van der Waals surface area contributed by atoms with E-state index in [4.69, 9.17) is 4.42 Å². The topological polar surface area (TPSA) is 42.2 Å². The summed E-state index contributed by atoms with van der Waals surface area (Å²) >= 11 is 0. The smallest absolute Gasteiger partial charge is 0.221 e. The summed E-state index contributed by atoms with van der Waals surface area (Å²) in [6.45, 7) is 3.38. The van der Waals surface area contributed by atoms with Crippen molar-refractivity contribution in [1.82, 2.24) is 0 Å². The lowest BCUT2D eigenvalue weighted by molar-refractivity contribution is -0.114. The van der Waals surface area contributed by atoms with Crippen LogP contribution in [-0.2, 0) is 4.79 Å². The maximum absolute atomic E-state index is 10.8. The van der Waals surface area contributed by atoms with E-state index in [9.17, 15) is 4.79 Å². The Balaban J connectivity index is 2.45. The van der Waals surface area contributed by atoms with Crippen LogP contribution in [0.1, 0.15) is 12.7 Å². The number of fused-ring (bicyclic) bond motifs is 1. The maximum atomic E-state index is 10.8. The highest BCUT2D eigenvalue weighted by Crippen LogP contribution is 2.22. The molecule has 2 rings (SSSR count). The third-order valence-electron chi connectivity index (χ3n) is 1.96. The highest BCUT2D eigenvalue weighted by Gasteiger charge is 2.02. The first-order valence-electron chi connectivity index (χ1n) is 4.43. The number of carbonyl (C=O) groups excluding carboxylic acids is 1. The average molecular weight is 189 g/mol. The molecule has 2 aromatic rings. The van der Waals surface area contributed by atoms with Gasteiger partial charge in [0.15, 0.2) is 0 Å². The molecule has 0 saturated heterocycles. The highest BCUT2D eigenvalue weighted by molar-refractivity contribution is 5.91. The average Bonchev–Trinajstić information content (AvgIpc) is 2.42. The minimum Gasteiger partial charge on any atom is -0.461 e. The fraction of sp³-hybridized carbons (Fsp3) is 0.182. The van der Waals surface area contributed by atoms with Gasteiger partial charge >= 0.3 is 0 Å². The number of hydrogen-bond donors (Lipinski definition) is 1. The van der Waals surface area contributed by atoms with Crippen LogP contribution in [0.25, 0.3) is 11.0 Å². The first kappa shape index (κ1) is 8.81. The Morgan fingerprint density at radius 2 is 2.14 bits per heavy atom. The van der Waals surface area contributed by atoms with Crippen LogP contribution in [-0.4, -0.2) is 5.91 Å². The summed E-state index contributed by atoms with van der Waals surface area (Å²) in [5, 5.41) is 3.76. The summed E-state index contributed by atoms with van der Waals surface area (Å²) in [4.78, 5) is 10.8. The number of carbonyl (C=O) groups is 1. The van der Waals surface area contributed by atoms with Gasteiger partial charge in [0.1, 0.15) is 11.3 Å². The molecule has 0 unspecified atom stereocenters. The van der Waals surface area contributed by atoms with E-state index in [1.807, 2.05) is 31.2 Å². The Labute approximate surface area is 81.7 Å². The third kappa shape index (κ3) is 1.62. The van der Waals surface area contributed by atoms with E-state index in [1.165, 1.54) is 6.92 Å². The standard InChI is InChI=1S/C11H11NO2/c1-7-5-9-3-4-10(12-8(2)13)6-11(9)14-7/h3-6H,1-2H3,(H,12,13). The predicted molar refractivity (Wildman–Crippen MR) is 55.3 cm³/mol. The van der Waals surface area contributed by atoms with Crippen LogP contribution in [0.4, 0.5) is 5.69 Å². The SMILES string of the molecule is CC(=O)Nc1ccc2cc(C)oc2c1. The first-order valence-corrected chi connectivity index (χ1v) is 4.43. The molecule has 72 valence electrons. The van der Waals surface area contributed by atoms with Crippen molar-refractivity contribution in [2.24, 2.45) is 0 Å². The molecule has 0 aliphatic rings. The Morgan fingerprint density at radius 3 is 2.86 bits per heavy atom. The number of aryl methyl sites for hydroxylation is 1. The fourth-order valence-corrected chi connectivity index (χ4v) is 1.44. The summed E-state index contributed by atoms with van der Waals surface area (Å²) in [6.07, 6.45) is 0. The molecule has 1 amide bonds. The lowest BCUT2D eigenvalue weighted by atomic mass is 10.2. The van der Waals surface area contributed by atoms with Gasteiger partial charge in [-0.25, -0.2) is 0 Å². The minimum atomic E-state index is -0.0763. The normalized spacial score (nSPS) is 10.4. The van der Waals surface area contributed by atoms with E-state index in [-0.39, 0.29) is 5.91 Å². The van der Waals surface area contributed by atoms with Crippen LogP contribution in [0, 0.1) is 6.92 Å². The van der Waals surface area contributed by atoms with Gasteiger partial charge in [-0.15, -0.1) is 0 Å². The van der Waals surface area contributed by atoms with Crippen molar-refractivity contribution in [2.45, 2.75) is 13.8 Å². The van der Waals surface area contributed by atoms with Gasteiger partial charge in [-0.2, -0.15) is 0 Å². The number of furan rings is 1. The quantitative estimate of drug-likeness (QED) is 0.749. The number of anilines is 1. The van der Waals surface area contributed by atoms with Crippen LogP contribution in [0.2, 0.25) is 0 Å². The molecule has 0 fully saturated rings. The summed E-state index contributed by atoms with van der Waals surface area (Å²) in [7, 11) is 0. The second kappa shape index (κ2) is 3.18. The molecule has 1 heterocycles. The molecule has 1 aromatic heterocycles. The van der Waals surface area contributed by atoms with E-state index in [0.717, 1.165) is 22.4 Å². The number of amides is 1. The van der Waals surface area contributed by atoms with Crippen molar-refractivity contribution in [3.63, 3.8) is 0 Å². The molecule has 0 aliphatic heterocycles. The molecule has 0 radical (unpaired) electrons. The van der Waals surface area contributed by atoms with Crippen LogP contribution >= 0.6 is 0 Å². The number of hydrogen-bond acceptors (Lipinski definition) is 2. The van der Waals surface area contributed by atoms with Crippen molar-refractivity contribution in [1.29, 1.82) is 0 Å². The summed E-state index contributed by atoms with van der Waals surface area (Å²) < 4.78 is 5.44. The minimum absolute atomic E-state index is 0.0763. The number of benzene rings is 1. The van der Waals surface area contributed by atoms with Gasteiger partial charge in [0.05, 0.1) is 0 Å². The van der Waals surface area contributed by atoms with Gasteiger partial charge in [-0.1, -0.05) is 0 Å². The van der Waals surface area contributed by atoms with Gasteiger partial charge in [0, 0.05) is 24.1 Å². The van der Waals surface area contributed by atoms with E-state index in [2.05, 4.69) is 5.32 Å². The monoisotopic (exact) mass is 189 g/mol. The van der Waals surface area contributed by atoms with Crippen molar-refractivity contribution >= 4 is 22.6 Å². The third-order valence-corrected chi connectivity index (χ3v) is 1.96. The predicted octanol–water partition coefficient (Wildman–Crippen LogP) is 2.70. The number of nitrogens with one attached hydrogen (secondary N) is 1. The highest BCUT2D eigenvalue weighted by atomic mass is 16.3. The molecule has 3 heteroatoms. The molecule has 3 nitrogen and oxygen atoms in total. The Bertz CT molecular complexity index is 485. The van der Waals surface area contributed by atoms with Crippen molar-refractivity contribution in [3.8, 4) is 0 Å². The molecule has 1 N–H and O–H groups in total.